The summed E-state index contributed by atoms with van der Waals surface area (Å²) < 4.78 is 5.23. The van der Waals surface area contributed by atoms with Gasteiger partial charge in [0.2, 0.25) is 5.89 Å². The number of nitrogens with zero attached hydrogens (tertiary/aromatic N) is 3. The van der Waals surface area contributed by atoms with E-state index in [1.54, 1.807) is 11.3 Å². The predicted molar refractivity (Wildman–Crippen MR) is 67.1 cm³/mol. The second-order valence-corrected chi connectivity index (χ2v) is 5.43. The molecule has 18 heavy (non-hydrogen) atoms. The second kappa shape index (κ2) is 4.79. The van der Waals surface area contributed by atoms with Crippen molar-refractivity contribution >= 4 is 11.3 Å². The van der Waals surface area contributed by atoms with Crippen LogP contribution >= 0.6 is 11.3 Å². The smallest absolute Gasteiger partial charge is 0.244 e. The minimum Gasteiger partial charge on any atom is -0.392 e. The first-order valence-corrected chi connectivity index (χ1v) is 6.90. The van der Waals surface area contributed by atoms with E-state index in [1.807, 2.05) is 6.92 Å². The van der Waals surface area contributed by atoms with E-state index in [-0.39, 0.29) is 12.1 Å². The number of likely N-dealkylation sites (tertiary alicyclic amines) is 1. The number of aliphatic hydroxyl groups is 1. The maximum absolute atomic E-state index is 9.84. The minimum atomic E-state index is -0.319. The zero-order chi connectivity index (χ0) is 12.5. The van der Waals surface area contributed by atoms with Gasteiger partial charge in [-0.1, -0.05) is 5.16 Å². The van der Waals surface area contributed by atoms with Crippen LogP contribution in [0.4, 0.5) is 0 Å². The predicted octanol–water partition coefficient (Wildman–Crippen LogP) is 1.75. The normalized spacial score (nSPS) is 24.8. The Balaban J connectivity index is 1.79. The van der Waals surface area contributed by atoms with Gasteiger partial charge in [-0.2, -0.15) is 16.3 Å². The Morgan fingerprint density at radius 1 is 1.61 bits per heavy atom. The average Bonchev–Trinajstić information content (AvgIpc) is 3.01. The van der Waals surface area contributed by atoms with Gasteiger partial charge in [-0.05, 0) is 35.7 Å². The summed E-state index contributed by atoms with van der Waals surface area (Å²) in [7, 11) is 0. The monoisotopic (exact) mass is 265 g/mol. The van der Waals surface area contributed by atoms with Crippen molar-refractivity contribution in [1.29, 1.82) is 0 Å². The van der Waals surface area contributed by atoms with E-state index in [0.717, 1.165) is 6.54 Å². The zero-order valence-corrected chi connectivity index (χ0v) is 10.9. The molecule has 96 valence electrons. The molecular weight excluding hydrogens is 250 g/mol. The Morgan fingerprint density at radius 3 is 3.17 bits per heavy atom. The summed E-state index contributed by atoms with van der Waals surface area (Å²) in [4.78, 5) is 6.47. The molecule has 3 heterocycles. The summed E-state index contributed by atoms with van der Waals surface area (Å²) in [6.45, 7) is 3.27. The van der Waals surface area contributed by atoms with E-state index in [1.165, 1.54) is 5.56 Å². The first kappa shape index (κ1) is 11.8. The number of hydrogen-bond donors (Lipinski definition) is 1. The second-order valence-electron chi connectivity index (χ2n) is 4.65. The van der Waals surface area contributed by atoms with Crippen molar-refractivity contribution in [3.63, 3.8) is 0 Å². The van der Waals surface area contributed by atoms with Crippen molar-refractivity contribution in [3.8, 4) is 0 Å². The van der Waals surface area contributed by atoms with Crippen LogP contribution in [0.15, 0.2) is 21.3 Å². The number of aryl methyl sites for hydroxylation is 1. The molecule has 2 aromatic heterocycles. The van der Waals surface area contributed by atoms with Gasteiger partial charge in [0, 0.05) is 13.1 Å². The van der Waals surface area contributed by atoms with Gasteiger partial charge in [-0.25, -0.2) is 0 Å². The van der Waals surface area contributed by atoms with E-state index < -0.39 is 0 Å². The molecule has 0 amide bonds. The number of β-amino-alcohol motifs (C(OH)–C–C–N with tert-alkyl or cyclic N) is 1. The zero-order valence-electron chi connectivity index (χ0n) is 10.1. The molecule has 1 fully saturated rings. The lowest BCUT2D eigenvalue weighted by atomic mass is 10.2. The van der Waals surface area contributed by atoms with E-state index in [9.17, 15) is 5.11 Å². The van der Waals surface area contributed by atoms with Crippen LogP contribution in [0.25, 0.3) is 0 Å². The van der Waals surface area contributed by atoms with Crippen molar-refractivity contribution in [2.75, 3.05) is 6.54 Å². The summed E-state index contributed by atoms with van der Waals surface area (Å²) in [6, 6.07) is 2.13. The molecule has 0 aromatic carbocycles. The van der Waals surface area contributed by atoms with Crippen LogP contribution in [-0.2, 0) is 6.54 Å². The van der Waals surface area contributed by atoms with Crippen molar-refractivity contribution in [3.05, 3.63) is 34.1 Å². The van der Waals surface area contributed by atoms with Gasteiger partial charge in [-0.3, -0.25) is 4.90 Å². The maximum atomic E-state index is 9.84. The molecule has 0 bridgehead atoms. The molecule has 2 aromatic rings. The van der Waals surface area contributed by atoms with Crippen molar-refractivity contribution in [2.24, 2.45) is 0 Å². The number of aromatic nitrogens is 2. The molecule has 1 aliphatic heterocycles. The van der Waals surface area contributed by atoms with Crippen LogP contribution in [-0.4, -0.2) is 32.8 Å². The fraction of sp³-hybridized carbons (Fsp3) is 0.500. The van der Waals surface area contributed by atoms with Gasteiger partial charge < -0.3 is 9.63 Å². The number of thiophene rings is 1. The Morgan fingerprint density at radius 2 is 2.50 bits per heavy atom. The molecule has 5 nitrogen and oxygen atoms in total. The van der Waals surface area contributed by atoms with Gasteiger partial charge >= 0.3 is 0 Å². The first-order valence-electron chi connectivity index (χ1n) is 5.96. The molecular formula is C12H15N3O2S. The highest BCUT2D eigenvalue weighted by Crippen LogP contribution is 2.32. The van der Waals surface area contributed by atoms with E-state index in [4.69, 9.17) is 4.52 Å². The highest BCUT2D eigenvalue weighted by atomic mass is 32.1. The lowest BCUT2D eigenvalue weighted by Gasteiger charge is -2.20. The molecule has 0 spiro atoms. The van der Waals surface area contributed by atoms with Crippen molar-refractivity contribution in [1.82, 2.24) is 15.0 Å². The molecule has 0 saturated carbocycles. The lowest BCUT2D eigenvalue weighted by Crippen LogP contribution is -2.24. The Kier molecular flexibility index (Phi) is 3.15. The Labute approximate surface area is 109 Å². The summed E-state index contributed by atoms with van der Waals surface area (Å²) in [5.74, 6) is 1.25. The Bertz CT molecular complexity index is 511. The fourth-order valence-corrected chi connectivity index (χ4v) is 3.04. The van der Waals surface area contributed by atoms with E-state index >= 15 is 0 Å². The quantitative estimate of drug-likeness (QED) is 0.916. The summed E-state index contributed by atoms with van der Waals surface area (Å²) >= 11 is 1.68. The molecule has 0 radical (unpaired) electrons. The third kappa shape index (κ3) is 2.31. The van der Waals surface area contributed by atoms with Crippen LogP contribution in [0.5, 0.6) is 0 Å². The minimum absolute atomic E-state index is 0.0288. The molecule has 6 heteroatoms. The maximum Gasteiger partial charge on any atom is 0.244 e. The Hall–Kier alpha value is -1.24. The molecule has 2 atom stereocenters. The van der Waals surface area contributed by atoms with Crippen LogP contribution in [0.2, 0.25) is 0 Å². The van der Waals surface area contributed by atoms with Crippen molar-refractivity contribution < 1.29 is 9.63 Å². The van der Waals surface area contributed by atoms with Gasteiger partial charge in [-0.15, -0.1) is 0 Å². The number of rotatable bonds is 3. The largest absolute Gasteiger partial charge is 0.392 e. The highest BCUT2D eigenvalue weighted by Gasteiger charge is 2.35. The van der Waals surface area contributed by atoms with Crippen LogP contribution in [0.3, 0.4) is 0 Å². The summed E-state index contributed by atoms with van der Waals surface area (Å²) in [5, 5.41) is 17.9. The van der Waals surface area contributed by atoms with Gasteiger partial charge in [0.25, 0.3) is 0 Å². The van der Waals surface area contributed by atoms with Gasteiger partial charge in [0.1, 0.15) is 0 Å². The molecule has 1 N–H and O–H groups in total. The summed E-state index contributed by atoms with van der Waals surface area (Å²) in [5.41, 5.74) is 1.26. The average molecular weight is 265 g/mol. The lowest BCUT2D eigenvalue weighted by molar-refractivity contribution is 0.169. The van der Waals surface area contributed by atoms with Crippen LogP contribution < -0.4 is 0 Å². The third-order valence-electron chi connectivity index (χ3n) is 3.18. The standard InChI is InChI=1S/C12H15N3O2S/c1-8-13-12(17-14-8)11-4-10(16)6-15(11)5-9-2-3-18-7-9/h2-3,7,10-11,16H,4-6H2,1H3/t10-,11-/m1/s1. The van der Waals surface area contributed by atoms with Crippen molar-refractivity contribution in [2.45, 2.75) is 32.0 Å². The van der Waals surface area contributed by atoms with Gasteiger partial charge in [0.15, 0.2) is 5.82 Å². The van der Waals surface area contributed by atoms with Gasteiger partial charge in [0.05, 0.1) is 12.1 Å². The van der Waals surface area contributed by atoms with Crippen LogP contribution in [0.1, 0.15) is 29.7 Å². The molecule has 0 aliphatic carbocycles. The van der Waals surface area contributed by atoms with E-state index in [2.05, 4.69) is 31.9 Å². The van der Waals surface area contributed by atoms with Crippen LogP contribution in [0, 0.1) is 6.92 Å². The number of aliphatic hydroxyl groups excluding tert-OH is 1. The highest BCUT2D eigenvalue weighted by molar-refractivity contribution is 7.07. The fourth-order valence-electron chi connectivity index (χ4n) is 2.38. The topological polar surface area (TPSA) is 62.4 Å². The van der Waals surface area contributed by atoms with E-state index in [0.29, 0.717) is 24.7 Å². The third-order valence-corrected chi connectivity index (χ3v) is 3.91. The molecule has 1 saturated heterocycles. The molecule has 0 unspecified atom stereocenters. The number of hydrogen-bond acceptors (Lipinski definition) is 6. The molecule has 3 rings (SSSR count). The first-order chi connectivity index (χ1) is 8.72. The SMILES string of the molecule is Cc1noc([C@H]2C[C@@H](O)CN2Cc2ccsc2)n1. The molecule has 1 aliphatic rings. The summed E-state index contributed by atoms with van der Waals surface area (Å²) in [6.07, 6.45) is 0.340.